The van der Waals surface area contributed by atoms with E-state index in [1.54, 1.807) is 24.3 Å². The zero-order valence-electron chi connectivity index (χ0n) is 18.9. The molecule has 1 aromatic rings. The zero-order chi connectivity index (χ0) is 23.3. The molecule has 2 heterocycles. The number of aliphatic carboxylic acids is 1. The van der Waals surface area contributed by atoms with Gasteiger partial charge in [-0.1, -0.05) is 48.8 Å². The van der Waals surface area contributed by atoms with Gasteiger partial charge in [0.1, 0.15) is 5.70 Å². The lowest BCUT2D eigenvalue weighted by Gasteiger charge is -2.48. The Labute approximate surface area is 192 Å². The molecule has 8 heteroatoms. The number of carbonyl (C=O) groups excluding carboxylic acids is 2. The van der Waals surface area contributed by atoms with Crippen molar-refractivity contribution >= 4 is 41.9 Å². The molecule has 1 amide bonds. The highest BCUT2D eigenvalue weighted by molar-refractivity contribution is 9.10. The molecule has 0 bridgehead atoms. The number of rotatable bonds is 7. The van der Waals surface area contributed by atoms with Crippen LogP contribution in [0.25, 0.3) is 0 Å². The molecule has 0 aromatic heterocycles. The number of hydrogen-bond donors (Lipinski definition) is 1. The van der Waals surface area contributed by atoms with E-state index in [1.165, 1.54) is 4.90 Å². The number of benzene rings is 1. The molecule has 2 aliphatic rings. The van der Waals surface area contributed by atoms with Crippen LogP contribution in [-0.4, -0.2) is 48.1 Å². The maximum atomic E-state index is 12.9. The van der Waals surface area contributed by atoms with Crippen molar-refractivity contribution in [1.82, 2.24) is 4.90 Å². The minimum atomic E-state index is -2.08. The first-order chi connectivity index (χ1) is 14.2. The van der Waals surface area contributed by atoms with E-state index in [1.807, 2.05) is 6.92 Å². The molecule has 0 aliphatic carbocycles. The van der Waals surface area contributed by atoms with Gasteiger partial charge in [0.05, 0.1) is 18.1 Å². The number of β-lactam (4-membered cyclic amide) rings is 1. The van der Waals surface area contributed by atoms with Crippen LogP contribution in [-0.2, 0) is 14.0 Å². The minimum Gasteiger partial charge on any atom is -0.477 e. The van der Waals surface area contributed by atoms with Gasteiger partial charge >= 0.3 is 5.97 Å². The van der Waals surface area contributed by atoms with Crippen LogP contribution in [0.2, 0.25) is 18.1 Å². The summed E-state index contributed by atoms with van der Waals surface area (Å²) < 4.78 is 7.30. The minimum absolute atomic E-state index is 0.00621. The van der Waals surface area contributed by atoms with E-state index in [0.717, 1.165) is 4.47 Å². The number of amides is 1. The van der Waals surface area contributed by atoms with Gasteiger partial charge in [0.2, 0.25) is 5.91 Å². The van der Waals surface area contributed by atoms with E-state index < -0.39 is 14.3 Å². The van der Waals surface area contributed by atoms with Gasteiger partial charge in [-0.15, -0.1) is 0 Å². The SMILES string of the molecule is C[C@@H](O[Si](C)(C)C(C)(C)C)[C@@H]1C(=O)N2C(C(=O)O)=C(CC(=O)c3ccc(Br)cc3)C[C@H]12. The maximum Gasteiger partial charge on any atom is 0.352 e. The lowest BCUT2D eigenvalue weighted by atomic mass is 9.82. The third-order valence-corrected chi connectivity index (χ3v) is 11.9. The predicted molar refractivity (Wildman–Crippen MR) is 124 cm³/mol. The van der Waals surface area contributed by atoms with E-state index >= 15 is 0 Å². The highest BCUT2D eigenvalue weighted by atomic mass is 79.9. The topological polar surface area (TPSA) is 83.9 Å². The zero-order valence-corrected chi connectivity index (χ0v) is 21.4. The van der Waals surface area contributed by atoms with Crippen molar-refractivity contribution in [2.75, 3.05) is 0 Å². The fourth-order valence-corrected chi connectivity index (χ4v) is 5.85. The Morgan fingerprint density at radius 1 is 1.26 bits per heavy atom. The van der Waals surface area contributed by atoms with Crippen molar-refractivity contribution in [3.05, 3.63) is 45.6 Å². The summed E-state index contributed by atoms with van der Waals surface area (Å²) in [6.07, 6.45) is 0.0883. The van der Waals surface area contributed by atoms with Gasteiger partial charge in [0.25, 0.3) is 0 Å². The van der Waals surface area contributed by atoms with Crippen molar-refractivity contribution in [2.45, 2.75) is 70.8 Å². The monoisotopic (exact) mass is 507 g/mol. The summed E-state index contributed by atoms with van der Waals surface area (Å²) in [5.74, 6) is -1.92. The number of hydrogen-bond acceptors (Lipinski definition) is 4. The van der Waals surface area contributed by atoms with Crippen LogP contribution >= 0.6 is 15.9 Å². The number of carbonyl (C=O) groups is 3. The number of carboxylic acid groups (broad SMARTS) is 1. The van der Waals surface area contributed by atoms with Crippen molar-refractivity contribution in [3.8, 4) is 0 Å². The third-order valence-electron chi connectivity index (χ3n) is 6.84. The molecule has 1 aromatic carbocycles. The van der Waals surface area contributed by atoms with E-state index in [4.69, 9.17) is 4.43 Å². The smallest absolute Gasteiger partial charge is 0.352 e. The van der Waals surface area contributed by atoms with Crippen molar-refractivity contribution in [3.63, 3.8) is 0 Å². The van der Waals surface area contributed by atoms with Gasteiger partial charge < -0.3 is 14.4 Å². The van der Waals surface area contributed by atoms with Crippen LogP contribution in [0.4, 0.5) is 0 Å². The van der Waals surface area contributed by atoms with Gasteiger partial charge in [-0.3, -0.25) is 9.59 Å². The summed E-state index contributed by atoms with van der Waals surface area (Å²) in [5.41, 5.74) is 1.00. The highest BCUT2D eigenvalue weighted by Gasteiger charge is 2.58. The molecule has 0 radical (unpaired) electrons. The predicted octanol–water partition coefficient (Wildman–Crippen LogP) is 5.00. The molecule has 1 saturated heterocycles. The number of fused-ring (bicyclic) bond motifs is 1. The standard InChI is InChI=1S/C23H30BrNO5Si/c1-13(30-31(5,6)23(2,3)4)19-17-11-15(20(22(28)29)25(17)21(19)27)12-18(26)14-7-9-16(24)10-8-14/h7-10,13,17,19H,11-12H2,1-6H3,(H,28,29)/t13-,17-,19+/m1/s1. The highest BCUT2D eigenvalue weighted by Crippen LogP contribution is 2.47. The maximum absolute atomic E-state index is 12.9. The second kappa shape index (κ2) is 8.29. The largest absolute Gasteiger partial charge is 0.477 e. The molecule has 0 unspecified atom stereocenters. The second-order valence-electron chi connectivity index (χ2n) is 9.95. The van der Waals surface area contributed by atoms with Crippen molar-refractivity contribution in [2.24, 2.45) is 5.92 Å². The van der Waals surface area contributed by atoms with Crippen LogP contribution in [0.5, 0.6) is 0 Å². The molecular formula is C23H30BrNO5Si. The summed E-state index contributed by atoms with van der Waals surface area (Å²) in [6, 6.07) is 6.72. The number of carboxylic acids is 1. The Hall–Kier alpha value is -1.77. The average Bonchev–Trinajstić information content (AvgIpc) is 2.95. The van der Waals surface area contributed by atoms with Gasteiger partial charge in [-0.25, -0.2) is 4.79 Å². The summed E-state index contributed by atoms with van der Waals surface area (Å²) in [7, 11) is -2.08. The van der Waals surface area contributed by atoms with Crippen LogP contribution in [0, 0.1) is 5.92 Å². The average molecular weight is 508 g/mol. The summed E-state index contributed by atoms with van der Waals surface area (Å²) in [6.45, 7) is 12.6. The molecule has 0 saturated carbocycles. The van der Waals surface area contributed by atoms with E-state index in [9.17, 15) is 19.5 Å². The van der Waals surface area contributed by atoms with Crippen LogP contribution in [0.15, 0.2) is 40.0 Å². The first-order valence-corrected chi connectivity index (χ1v) is 14.2. The van der Waals surface area contributed by atoms with E-state index in [0.29, 0.717) is 17.6 Å². The van der Waals surface area contributed by atoms with Crippen LogP contribution < -0.4 is 0 Å². The summed E-state index contributed by atoms with van der Waals surface area (Å²) in [5, 5.41) is 9.78. The fourth-order valence-electron chi connectivity index (χ4n) is 4.15. The number of nitrogens with zero attached hydrogens (tertiary/aromatic N) is 1. The Bertz CT molecular complexity index is 948. The quantitative estimate of drug-likeness (QED) is 0.318. The van der Waals surface area contributed by atoms with Gasteiger partial charge in [-0.05, 0) is 49.2 Å². The van der Waals surface area contributed by atoms with Gasteiger partial charge in [-0.2, -0.15) is 0 Å². The molecule has 0 spiro atoms. The summed E-state index contributed by atoms with van der Waals surface area (Å²) in [4.78, 5) is 39.0. The second-order valence-corrected chi connectivity index (χ2v) is 15.6. The molecule has 2 aliphatic heterocycles. The molecular weight excluding hydrogens is 478 g/mol. The Morgan fingerprint density at radius 2 is 1.84 bits per heavy atom. The summed E-state index contributed by atoms with van der Waals surface area (Å²) >= 11 is 3.34. The van der Waals surface area contributed by atoms with Crippen LogP contribution in [0.3, 0.4) is 0 Å². The van der Waals surface area contributed by atoms with E-state index in [2.05, 4.69) is 49.8 Å². The van der Waals surface area contributed by atoms with Gasteiger partial charge in [0.15, 0.2) is 14.1 Å². The molecule has 168 valence electrons. The lowest BCUT2D eigenvalue weighted by molar-refractivity contribution is -0.160. The molecule has 3 atom stereocenters. The third kappa shape index (κ3) is 4.43. The van der Waals surface area contributed by atoms with E-state index in [-0.39, 0.29) is 46.9 Å². The number of halogens is 1. The molecule has 1 N–H and O–H groups in total. The van der Waals surface area contributed by atoms with Gasteiger partial charge in [0, 0.05) is 16.5 Å². The Morgan fingerprint density at radius 3 is 2.35 bits per heavy atom. The Balaban J connectivity index is 1.78. The lowest BCUT2D eigenvalue weighted by Crippen LogP contribution is -2.63. The van der Waals surface area contributed by atoms with Crippen molar-refractivity contribution in [1.29, 1.82) is 0 Å². The molecule has 1 fully saturated rings. The fraction of sp³-hybridized carbons (Fsp3) is 0.522. The van der Waals surface area contributed by atoms with Crippen molar-refractivity contribution < 1.29 is 23.9 Å². The number of Topliss-reactive ketones (excluding diaryl/α,β-unsaturated/α-hetero) is 1. The van der Waals surface area contributed by atoms with Crippen LogP contribution in [0.1, 0.15) is 50.9 Å². The first-order valence-electron chi connectivity index (χ1n) is 10.5. The normalized spacial score (nSPS) is 22.3. The Kier molecular flexibility index (Phi) is 6.39. The molecule has 31 heavy (non-hydrogen) atoms. The first kappa shape index (κ1) is 23.9. The molecule has 3 rings (SSSR count). The number of ketones is 1. The molecule has 6 nitrogen and oxygen atoms in total.